The Hall–Kier alpha value is -2.48. The van der Waals surface area contributed by atoms with Crippen LogP contribution in [0.2, 0.25) is 0 Å². The number of aromatic nitrogens is 1. The van der Waals surface area contributed by atoms with Gasteiger partial charge in [0.2, 0.25) is 0 Å². The third-order valence-electron chi connectivity index (χ3n) is 3.97. The van der Waals surface area contributed by atoms with E-state index in [0.717, 1.165) is 13.0 Å². The average Bonchev–Trinajstić information content (AvgIpc) is 2.66. The van der Waals surface area contributed by atoms with Crippen molar-refractivity contribution in [2.75, 3.05) is 27.2 Å². The van der Waals surface area contributed by atoms with E-state index < -0.39 is 5.97 Å². The molecule has 0 aliphatic rings. The number of aryl methyl sites for hydroxylation is 1. The van der Waals surface area contributed by atoms with Crippen LogP contribution in [0.3, 0.4) is 0 Å². The van der Waals surface area contributed by atoms with E-state index in [1.807, 2.05) is 19.0 Å². The first-order valence-electron chi connectivity index (χ1n) is 8.67. The molecule has 0 saturated carbocycles. The van der Waals surface area contributed by atoms with Gasteiger partial charge in [0.05, 0.1) is 30.2 Å². The highest BCUT2D eigenvalue weighted by Crippen LogP contribution is 2.24. The Morgan fingerprint density at radius 1 is 1.32 bits per heavy atom. The Kier molecular flexibility index (Phi) is 9.58. The number of aliphatic hydroxyl groups excluding tert-OH is 1. The topological polar surface area (TPSA) is 95.2 Å². The smallest absolute Gasteiger partial charge is 0.340 e. The van der Waals surface area contributed by atoms with Crippen molar-refractivity contribution < 1.29 is 19.7 Å². The Morgan fingerprint density at radius 3 is 2.71 bits per heavy atom. The van der Waals surface area contributed by atoms with E-state index >= 15 is 0 Å². The Labute approximate surface area is 171 Å². The molecule has 0 spiro atoms. The first-order chi connectivity index (χ1) is 12.9. The van der Waals surface area contributed by atoms with Crippen LogP contribution in [-0.2, 0) is 11.3 Å². The molecule has 0 amide bonds. The van der Waals surface area contributed by atoms with Gasteiger partial charge in [-0.05, 0) is 39.6 Å². The second-order valence-corrected chi connectivity index (χ2v) is 6.36. The summed E-state index contributed by atoms with van der Waals surface area (Å²) in [5.41, 5.74) is 2.02. The summed E-state index contributed by atoms with van der Waals surface area (Å²) < 4.78 is 5.32. The third kappa shape index (κ3) is 6.30. The molecule has 28 heavy (non-hydrogen) atoms. The maximum absolute atomic E-state index is 12.4. The minimum atomic E-state index is -0.445. The van der Waals surface area contributed by atoms with Crippen molar-refractivity contribution in [2.24, 2.45) is 4.99 Å². The summed E-state index contributed by atoms with van der Waals surface area (Å²) in [5.74, 6) is -0.493. The molecule has 0 saturated heterocycles. The highest BCUT2D eigenvalue weighted by atomic mass is 35.5. The molecule has 8 heteroatoms. The van der Waals surface area contributed by atoms with Gasteiger partial charge in [0, 0.05) is 30.1 Å². The summed E-state index contributed by atoms with van der Waals surface area (Å²) in [5, 5.41) is 19.6. The van der Waals surface area contributed by atoms with Crippen LogP contribution in [0.1, 0.15) is 33.6 Å². The summed E-state index contributed by atoms with van der Waals surface area (Å²) in [6.45, 7) is 2.54. The standard InChI is InChI=1S/C20H25N3O4.ClH/c1-14-19(25)17(15(13-24)11-21-14)12-22-18-8-5-4-7-16(18)20(26)27-10-6-9-23(2)3;/h4-5,7-8,11-12,24-25H,6,9-10,13H2,1-3H3;1H. The van der Waals surface area contributed by atoms with E-state index in [1.54, 1.807) is 31.2 Å². The van der Waals surface area contributed by atoms with Crippen LogP contribution in [0.15, 0.2) is 35.5 Å². The van der Waals surface area contributed by atoms with Crippen molar-refractivity contribution in [3.05, 3.63) is 52.8 Å². The summed E-state index contributed by atoms with van der Waals surface area (Å²) in [6, 6.07) is 6.84. The van der Waals surface area contributed by atoms with Crippen LogP contribution >= 0.6 is 12.4 Å². The monoisotopic (exact) mass is 407 g/mol. The number of para-hydroxylation sites is 1. The van der Waals surface area contributed by atoms with Gasteiger partial charge in [-0.3, -0.25) is 9.98 Å². The van der Waals surface area contributed by atoms with Crippen LogP contribution in [0.4, 0.5) is 5.69 Å². The zero-order valence-corrected chi connectivity index (χ0v) is 17.1. The summed E-state index contributed by atoms with van der Waals surface area (Å²) >= 11 is 0. The number of rotatable bonds is 8. The SMILES string of the molecule is Cc1ncc(CO)c(C=Nc2ccccc2C(=O)OCCCN(C)C)c1O.Cl. The predicted molar refractivity (Wildman–Crippen MR) is 111 cm³/mol. The minimum Gasteiger partial charge on any atom is -0.505 e. The molecule has 0 aliphatic carbocycles. The number of halogens is 1. The fraction of sp³-hybridized carbons (Fsp3) is 0.350. The van der Waals surface area contributed by atoms with Crippen molar-refractivity contribution in [3.8, 4) is 5.75 Å². The largest absolute Gasteiger partial charge is 0.505 e. The molecule has 0 unspecified atom stereocenters. The van der Waals surface area contributed by atoms with Crippen LogP contribution < -0.4 is 0 Å². The van der Waals surface area contributed by atoms with Gasteiger partial charge in [0.15, 0.2) is 0 Å². The zero-order chi connectivity index (χ0) is 19.8. The molecule has 0 radical (unpaired) electrons. The Morgan fingerprint density at radius 2 is 2.04 bits per heavy atom. The van der Waals surface area contributed by atoms with Gasteiger partial charge in [-0.25, -0.2) is 4.79 Å². The number of aromatic hydroxyl groups is 1. The van der Waals surface area contributed by atoms with Gasteiger partial charge in [0.1, 0.15) is 5.75 Å². The van der Waals surface area contributed by atoms with Crippen molar-refractivity contribution in [2.45, 2.75) is 20.0 Å². The van der Waals surface area contributed by atoms with E-state index in [1.165, 1.54) is 12.4 Å². The van der Waals surface area contributed by atoms with Crippen LogP contribution in [-0.4, -0.2) is 59.5 Å². The number of hydrogen-bond donors (Lipinski definition) is 2. The molecule has 2 rings (SSSR count). The summed E-state index contributed by atoms with van der Waals surface area (Å²) in [6.07, 6.45) is 3.66. The molecule has 1 aromatic heterocycles. The van der Waals surface area contributed by atoms with Gasteiger partial charge in [-0.1, -0.05) is 12.1 Å². The molecule has 2 aromatic rings. The number of esters is 1. The second-order valence-electron chi connectivity index (χ2n) is 6.36. The first kappa shape index (κ1) is 23.6. The molecular weight excluding hydrogens is 382 g/mol. The fourth-order valence-corrected chi connectivity index (χ4v) is 2.44. The normalized spacial score (nSPS) is 10.9. The summed E-state index contributed by atoms with van der Waals surface area (Å²) in [4.78, 5) is 22.7. The van der Waals surface area contributed by atoms with Crippen LogP contribution in [0.25, 0.3) is 0 Å². The maximum atomic E-state index is 12.4. The molecule has 0 aliphatic heterocycles. The minimum absolute atomic E-state index is 0. The zero-order valence-electron chi connectivity index (χ0n) is 16.3. The van der Waals surface area contributed by atoms with E-state index in [4.69, 9.17) is 4.74 Å². The van der Waals surface area contributed by atoms with E-state index in [2.05, 4.69) is 9.98 Å². The number of nitrogens with zero attached hydrogens (tertiary/aromatic N) is 3. The number of benzene rings is 1. The Bertz CT molecular complexity index is 825. The maximum Gasteiger partial charge on any atom is 0.340 e. The van der Waals surface area contributed by atoms with Crippen LogP contribution in [0, 0.1) is 6.92 Å². The molecular formula is C20H26ClN3O4. The average molecular weight is 408 g/mol. The van der Waals surface area contributed by atoms with Crippen molar-refractivity contribution >= 4 is 30.3 Å². The number of aliphatic imine (C=N–C) groups is 1. The quantitative estimate of drug-likeness (QED) is 0.397. The van der Waals surface area contributed by atoms with E-state index in [-0.39, 0.29) is 24.8 Å². The van der Waals surface area contributed by atoms with Gasteiger partial charge in [-0.2, -0.15) is 0 Å². The molecule has 2 N–H and O–H groups in total. The second kappa shape index (κ2) is 11.4. The van der Waals surface area contributed by atoms with Gasteiger partial charge in [0.25, 0.3) is 0 Å². The predicted octanol–water partition coefficient (Wildman–Crippen LogP) is 2.87. The first-order valence-corrected chi connectivity index (χ1v) is 8.67. The van der Waals surface area contributed by atoms with Crippen molar-refractivity contribution in [1.82, 2.24) is 9.88 Å². The fourth-order valence-electron chi connectivity index (χ4n) is 2.44. The lowest BCUT2D eigenvalue weighted by atomic mass is 10.1. The number of pyridine rings is 1. The molecule has 0 bridgehead atoms. The van der Waals surface area contributed by atoms with Crippen LogP contribution in [0.5, 0.6) is 5.75 Å². The lowest BCUT2D eigenvalue weighted by molar-refractivity contribution is 0.0494. The lowest BCUT2D eigenvalue weighted by Crippen LogP contribution is -2.16. The third-order valence-corrected chi connectivity index (χ3v) is 3.97. The van der Waals surface area contributed by atoms with Gasteiger partial charge < -0.3 is 19.8 Å². The number of carbonyl (C=O) groups excluding carboxylic acids is 1. The molecule has 152 valence electrons. The molecule has 1 aromatic carbocycles. The lowest BCUT2D eigenvalue weighted by Gasteiger charge is -2.10. The molecule has 1 heterocycles. The Balaban J connectivity index is 0.00000392. The number of ether oxygens (including phenoxy) is 1. The van der Waals surface area contributed by atoms with Gasteiger partial charge >= 0.3 is 5.97 Å². The summed E-state index contributed by atoms with van der Waals surface area (Å²) in [7, 11) is 3.92. The number of hydrogen-bond acceptors (Lipinski definition) is 7. The van der Waals surface area contributed by atoms with Gasteiger partial charge in [-0.15, -0.1) is 12.4 Å². The highest BCUT2D eigenvalue weighted by molar-refractivity contribution is 5.97. The molecule has 7 nitrogen and oxygen atoms in total. The van der Waals surface area contributed by atoms with Crippen molar-refractivity contribution in [3.63, 3.8) is 0 Å². The number of carbonyl (C=O) groups is 1. The number of aliphatic hydroxyl groups is 1. The molecule has 0 atom stereocenters. The molecule has 0 fully saturated rings. The van der Waals surface area contributed by atoms with E-state index in [0.29, 0.717) is 34.7 Å². The van der Waals surface area contributed by atoms with E-state index in [9.17, 15) is 15.0 Å². The highest BCUT2D eigenvalue weighted by Gasteiger charge is 2.13. The van der Waals surface area contributed by atoms with Crippen molar-refractivity contribution in [1.29, 1.82) is 0 Å².